The maximum Gasteiger partial charge on any atom is 0.162 e. The zero-order chi connectivity index (χ0) is 26.7. The van der Waals surface area contributed by atoms with Crippen LogP contribution in [0.15, 0.2) is 72.0 Å². The molecule has 0 N–H and O–H groups in total. The lowest BCUT2D eigenvalue weighted by molar-refractivity contribution is 0.0963. The van der Waals surface area contributed by atoms with Gasteiger partial charge in [0.2, 0.25) is 0 Å². The van der Waals surface area contributed by atoms with Crippen LogP contribution in [0.2, 0.25) is 6.32 Å². The molecule has 5 heteroatoms. The van der Waals surface area contributed by atoms with Crippen molar-refractivity contribution in [3.63, 3.8) is 0 Å². The number of carbonyl (C=O) groups is 1. The van der Waals surface area contributed by atoms with Crippen LogP contribution >= 0.6 is 0 Å². The lowest BCUT2D eigenvalue weighted by Gasteiger charge is -2.32. The summed E-state index contributed by atoms with van der Waals surface area (Å²) in [6.45, 7) is 8.59. The van der Waals surface area contributed by atoms with E-state index in [-0.39, 0.29) is 5.78 Å². The smallest absolute Gasteiger partial charge is 0.162 e. The van der Waals surface area contributed by atoms with E-state index in [0.717, 1.165) is 88.0 Å². The Kier molecular flexibility index (Phi) is 10.7. The van der Waals surface area contributed by atoms with Crippen molar-refractivity contribution in [2.45, 2.75) is 64.9 Å². The molecule has 2 heterocycles. The minimum absolute atomic E-state index is 0.269. The molecule has 4 rings (SSSR count). The Morgan fingerprint density at radius 2 is 1.95 bits per heavy atom. The molecule has 0 atom stereocenters. The van der Waals surface area contributed by atoms with Gasteiger partial charge in [-0.3, -0.25) is 9.69 Å². The summed E-state index contributed by atoms with van der Waals surface area (Å²) in [5, 5.41) is 0. The summed E-state index contributed by atoms with van der Waals surface area (Å²) < 4.78 is 11.6. The third kappa shape index (κ3) is 7.86. The highest BCUT2D eigenvalue weighted by Crippen LogP contribution is 2.29. The summed E-state index contributed by atoms with van der Waals surface area (Å²) >= 11 is 0. The molecule has 38 heavy (non-hydrogen) atoms. The molecule has 0 spiro atoms. The van der Waals surface area contributed by atoms with Crippen LogP contribution in [-0.4, -0.2) is 50.7 Å². The third-order valence-corrected chi connectivity index (χ3v) is 8.17. The molecule has 4 nitrogen and oxygen atoms in total. The highest BCUT2D eigenvalue weighted by molar-refractivity contribution is 6.58. The van der Waals surface area contributed by atoms with Crippen LogP contribution in [0.3, 0.4) is 0 Å². The van der Waals surface area contributed by atoms with Crippen LogP contribution in [-0.2, 0) is 17.4 Å². The average Bonchev–Trinajstić information content (AvgIpc) is 3.15. The van der Waals surface area contributed by atoms with Crippen molar-refractivity contribution >= 4 is 12.5 Å². The number of hydrogen-bond donors (Lipinski definition) is 0. The van der Waals surface area contributed by atoms with E-state index in [1.807, 2.05) is 19.1 Å². The Morgan fingerprint density at radius 3 is 2.66 bits per heavy atom. The first-order valence-electron chi connectivity index (χ1n) is 14.5. The molecule has 0 aromatic heterocycles. The predicted molar refractivity (Wildman–Crippen MR) is 158 cm³/mol. The standard InChI is InChI=1S/C33H44BNO3/c1-4-9-29(32(5-2)37-3)25-35-19-16-26(17-20-35)12-14-31(36)28-13-15-33-30(22-28)24-34(18-21-38-33)23-27-10-7-6-8-11-27/h5-11,13,15,22,26H,4,12,14,16-21,23-25H2,1-3H3/b29-9-,32-5+. The van der Waals surface area contributed by atoms with Crippen molar-refractivity contribution in [3.8, 4) is 5.75 Å². The lowest BCUT2D eigenvalue weighted by Crippen LogP contribution is -2.35. The molecule has 0 saturated carbocycles. The zero-order valence-electron chi connectivity index (χ0n) is 23.6. The molecule has 202 valence electrons. The quantitative estimate of drug-likeness (QED) is 0.140. The van der Waals surface area contributed by atoms with Gasteiger partial charge in [-0.15, -0.1) is 0 Å². The molecule has 1 fully saturated rings. The first-order chi connectivity index (χ1) is 18.6. The first kappa shape index (κ1) is 28.2. The molecule has 0 bridgehead atoms. The monoisotopic (exact) mass is 513 g/mol. The summed E-state index contributed by atoms with van der Waals surface area (Å²) in [6.07, 6.45) is 12.3. The van der Waals surface area contributed by atoms with E-state index in [4.69, 9.17) is 9.47 Å². The Bertz CT molecular complexity index is 1100. The molecular formula is C33H44BNO3. The third-order valence-electron chi connectivity index (χ3n) is 8.17. The second-order valence-corrected chi connectivity index (χ2v) is 10.9. The highest BCUT2D eigenvalue weighted by Gasteiger charge is 2.24. The number of methoxy groups -OCH3 is 1. The number of rotatable bonds is 11. The van der Waals surface area contributed by atoms with Gasteiger partial charge >= 0.3 is 0 Å². The van der Waals surface area contributed by atoms with Gasteiger partial charge in [-0.2, -0.15) is 0 Å². The number of piperidine rings is 1. The number of ketones is 1. The van der Waals surface area contributed by atoms with Crippen molar-refractivity contribution in [3.05, 3.63) is 88.7 Å². The maximum absolute atomic E-state index is 13.2. The molecule has 2 aliphatic rings. The largest absolute Gasteiger partial charge is 0.497 e. The topological polar surface area (TPSA) is 38.8 Å². The Morgan fingerprint density at radius 1 is 1.16 bits per heavy atom. The highest BCUT2D eigenvalue weighted by atomic mass is 16.5. The van der Waals surface area contributed by atoms with E-state index in [2.05, 4.69) is 60.4 Å². The van der Waals surface area contributed by atoms with E-state index < -0.39 is 0 Å². The summed E-state index contributed by atoms with van der Waals surface area (Å²) in [5.74, 6) is 2.83. The number of hydrogen-bond acceptors (Lipinski definition) is 4. The van der Waals surface area contributed by atoms with Gasteiger partial charge in [0.25, 0.3) is 0 Å². The fraction of sp³-hybridized carbons (Fsp3) is 0.485. The summed E-state index contributed by atoms with van der Waals surface area (Å²) in [6, 6.07) is 16.8. The van der Waals surface area contributed by atoms with Crippen LogP contribution in [0.1, 0.15) is 67.4 Å². The van der Waals surface area contributed by atoms with Gasteiger partial charge in [-0.1, -0.05) is 48.9 Å². The normalized spacial score (nSPS) is 17.5. The summed E-state index contributed by atoms with van der Waals surface area (Å²) in [5.41, 5.74) is 4.69. The van der Waals surface area contributed by atoms with Gasteiger partial charge in [-0.05, 0) is 100 Å². The van der Waals surface area contributed by atoms with Gasteiger partial charge in [0.05, 0.1) is 13.7 Å². The van der Waals surface area contributed by atoms with E-state index in [1.54, 1.807) is 7.11 Å². The number of ether oxygens (including phenoxy) is 2. The fourth-order valence-corrected chi connectivity index (χ4v) is 6.00. The van der Waals surface area contributed by atoms with E-state index in [0.29, 0.717) is 19.1 Å². The molecule has 0 aliphatic carbocycles. The minimum Gasteiger partial charge on any atom is -0.497 e. The van der Waals surface area contributed by atoms with Gasteiger partial charge in [0.15, 0.2) is 12.5 Å². The van der Waals surface area contributed by atoms with Crippen molar-refractivity contribution in [1.29, 1.82) is 0 Å². The molecule has 0 unspecified atom stereocenters. The molecular weight excluding hydrogens is 469 g/mol. The Labute approximate surface area is 230 Å². The van der Waals surface area contributed by atoms with Gasteiger partial charge in [-0.25, -0.2) is 0 Å². The number of likely N-dealkylation sites (tertiary alicyclic amines) is 1. The number of nitrogens with zero attached hydrogens (tertiary/aromatic N) is 1. The van der Waals surface area contributed by atoms with Crippen molar-refractivity contribution in [2.24, 2.45) is 5.92 Å². The van der Waals surface area contributed by atoms with E-state index in [1.165, 1.54) is 16.7 Å². The first-order valence-corrected chi connectivity index (χ1v) is 14.5. The van der Waals surface area contributed by atoms with Crippen LogP contribution in [0, 0.1) is 5.92 Å². The van der Waals surface area contributed by atoms with Gasteiger partial charge < -0.3 is 9.47 Å². The predicted octanol–water partition coefficient (Wildman–Crippen LogP) is 7.00. The second kappa shape index (κ2) is 14.4. The van der Waals surface area contributed by atoms with Crippen molar-refractivity contribution < 1.29 is 14.3 Å². The van der Waals surface area contributed by atoms with Crippen LogP contribution in [0.4, 0.5) is 0 Å². The number of carbonyl (C=O) groups excluding carboxylic acids is 1. The van der Waals surface area contributed by atoms with Crippen molar-refractivity contribution in [1.82, 2.24) is 4.90 Å². The number of Topliss-reactive ketones (excluding diaryl/α,β-unsaturated/α-hetero) is 1. The SMILES string of the molecule is C/C=C(OC)\C(=C/CC)CN1CCC(CCC(=O)c2ccc3c(c2)CB(Cc2ccccc2)CCO3)CC1. The Hall–Kier alpha value is -2.79. The van der Waals surface area contributed by atoms with Crippen LogP contribution in [0.25, 0.3) is 0 Å². The average molecular weight is 514 g/mol. The number of benzene rings is 2. The molecule has 2 aromatic rings. The second-order valence-electron chi connectivity index (χ2n) is 10.9. The molecule has 2 aromatic carbocycles. The maximum atomic E-state index is 13.2. The van der Waals surface area contributed by atoms with Crippen LogP contribution in [0.5, 0.6) is 5.75 Å². The minimum atomic E-state index is 0.269. The summed E-state index contributed by atoms with van der Waals surface area (Å²) in [4.78, 5) is 15.7. The van der Waals surface area contributed by atoms with Gasteiger partial charge in [0, 0.05) is 24.1 Å². The lowest BCUT2D eigenvalue weighted by atomic mass is 9.41. The van der Waals surface area contributed by atoms with Gasteiger partial charge in [0.1, 0.15) is 11.5 Å². The fourth-order valence-electron chi connectivity index (χ4n) is 6.00. The van der Waals surface area contributed by atoms with Crippen molar-refractivity contribution in [2.75, 3.05) is 33.4 Å². The Balaban J connectivity index is 1.27. The molecule has 0 radical (unpaired) electrons. The number of allylic oxidation sites excluding steroid dienone is 2. The zero-order valence-corrected chi connectivity index (χ0v) is 23.6. The van der Waals surface area contributed by atoms with Crippen LogP contribution < -0.4 is 4.74 Å². The van der Waals surface area contributed by atoms with E-state index >= 15 is 0 Å². The number of fused-ring (bicyclic) bond motifs is 1. The summed E-state index contributed by atoms with van der Waals surface area (Å²) in [7, 11) is 1.75. The molecule has 0 amide bonds. The van der Waals surface area contributed by atoms with E-state index in [9.17, 15) is 4.79 Å². The molecule has 2 aliphatic heterocycles. The molecule has 1 saturated heterocycles.